The van der Waals surface area contributed by atoms with Crippen LogP contribution < -0.4 is 20.2 Å². The molecule has 0 unspecified atom stereocenters. The van der Waals surface area contributed by atoms with Crippen molar-refractivity contribution in [2.75, 3.05) is 11.9 Å². The van der Waals surface area contributed by atoms with E-state index in [9.17, 15) is 14.4 Å². The summed E-state index contributed by atoms with van der Waals surface area (Å²) in [5, 5.41) is 6.80. The van der Waals surface area contributed by atoms with Crippen molar-refractivity contribution >= 4 is 29.7 Å². The van der Waals surface area contributed by atoms with E-state index in [-0.39, 0.29) is 11.7 Å². The number of carbonyl (C=O) groups is 3. The molecule has 0 aliphatic carbocycles. The van der Waals surface area contributed by atoms with Gasteiger partial charge in [-0.2, -0.15) is 5.10 Å². The highest BCUT2D eigenvalue weighted by Gasteiger charge is 2.13. The number of anilines is 1. The van der Waals surface area contributed by atoms with Crippen LogP contribution in [0.5, 0.6) is 11.5 Å². The smallest absolute Gasteiger partial charge is 0.343 e. The molecule has 0 bridgehead atoms. The maximum absolute atomic E-state index is 12.5. The SMILES string of the molecule is CCOc1cc(/C=N\NC(=O)c2ccc(NC(=O)c3ccccc3)cc2)ccc1OC(=O)c1ccccc1. The quantitative estimate of drug-likeness (QED) is 0.138. The van der Waals surface area contributed by atoms with Crippen LogP contribution >= 0.6 is 0 Å². The minimum atomic E-state index is -0.495. The lowest BCUT2D eigenvalue weighted by molar-refractivity contribution is 0.0728. The first-order valence-electron chi connectivity index (χ1n) is 11.9. The second-order valence-corrected chi connectivity index (χ2v) is 7.99. The van der Waals surface area contributed by atoms with Crippen molar-refractivity contribution in [3.8, 4) is 11.5 Å². The summed E-state index contributed by atoms with van der Waals surface area (Å²) in [5.74, 6) is -0.493. The van der Waals surface area contributed by atoms with Gasteiger partial charge in [0.1, 0.15) is 0 Å². The zero-order valence-electron chi connectivity index (χ0n) is 20.6. The van der Waals surface area contributed by atoms with Gasteiger partial charge in [-0.1, -0.05) is 36.4 Å². The standard InChI is InChI=1S/C30H25N3O5/c1-2-37-27-19-21(13-18-26(27)38-30(36)24-11-7-4-8-12-24)20-31-33-29(35)23-14-16-25(17-15-23)32-28(34)22-9-5-3-6-10-22/h3-20H,2H2,1H3,(H,32,34)(H,33,35)/b31-20-. The first-order chi connectivity index (χ1) is 18.5. The lowest BCUT2D eigenvalue weighted by Gasteiger charge is -2.11. The van der Waals surface area contributed by atoms with Gasteiger partial charge in [-0.05, 0) is 79.2 Å². The highest BCUT2D eigenvalue weighted by molar-refractivity contribution is 6.04. The van der Waals surface area contributed by atoms with Gasteiger partial charge in [0, 0.05) is 16.8 Å². The van der Waals surface area contributed by atoms with Crippen molar-refractivity contribution in [3.05, 3.63) is 125 Å². The Balaban J connectivity index is 1.35. The summed E-state index contributed by atoms with van der Waals surface area (Å²) in [7, 11) is 0. The molecular formula is C30H25N3O5. The van der Waals surface area contributed by atoms with Crippen molar-refractivity contribution < 1.29 is 23.9 Å². The van der Waals surface area contributed by atoms with E-state index in [0.29, 0.717) is 40.3 Å². The topological polar surface area (TPSA) is 106 Å². The Morgan fingerprint density at radius 1 is 0.737 bits per heavy atom. The highest BCUT2D eigenvalue weighted by Crippen LogP contribution is 2.29. The van der Waals surface area contributed by atoms with E-state index in [4.69, 9.17) is 9.47 Å². The van der Waals surface area contributed by atoms with Gasteiger partial charge in [0.25, 0.3) is 11.8 Å². The molecule has 0 saturated heterocycles. The van der Waals surface area contributed by atoms with Gasteiger partial charge in [-0.15, -0.1) is 0 Å². The number of rotatable bonds is 9. The number of hydrazone groups is 1. The second kappa shape index (κ2) is 12.6. The Bertz CT molecular complexity index is 1440. The number of nitrogens with one attached hydrogen (secondary N) is 2. The van der Waals surface area contributed by atoms with Crippen LogP contribution in [0, 0.1) is 0 Å². The summed E-state index contributed by atoms with van der Waals surface area (Å²) in [5.41, 5.74) is 5.01. The van der Waals surface area contributed by atoms with Crippen molar-refractivity contribution in [1.29, 1.82) is 0 Å². The molecule has 190 valence electrons. The zero-order valence-corrected chi connectivity index (χ0v) is 20.6. The molecule has 0 aliphatic rings. The molecule has 0 heterocycles. The van der Waals surface area contributed by atoms with Crippen LogP contribution in [0.15, 0.2) is 108 Å². The van der Waals surface area contributed by atoms with Gasteiger partial charge < -0.3 is 14.8 Å². The third kappa shape index (κ3) is 6.92. The van der Waals surface area contributed by atoms with Crippen LogP contribution in [-0.4, -0.2) is 30.6 Å². The van der Waals surface area contributed by atoms with E-state index in [1.54, 1.807) is 91.0 Å². The predicted octanol–water partition coefficient (Wildman–Crippen LogP) is 5.32. The Morgan fingerprint density at radius 2 is 1.37 bits per heavy atom. The van der Waals surface area contributed by atoms with E-state index < -0.39 is 11.9 Å². The first-order valence-corrected chi connectivity index (χ1v) is 11.9. The van der Waals surface area contributed by atoms with Gasteiger partial charge in [-0.25, -0.2) is 10.2 Å². The molecule has 8 heteroatoms. The summed E-state index contributed by atoms with van der Waals surface area (Å²) < 4.78 is 11.1. The number of hydrogen-bond donors (Lipinski definition) is 2. The number of esters is 1. The molecule has 4 aromatic carbocycles. The Kier molecular flexibility index (Phi) is 8.60. The van der Waals surface area contributed by atoms with Crippen LogP contribution in [0.25, 0.3) is 0 Å². The normalized spacial score (nSPS) is 10.6. The van der Waals surface area contributed by atoms with E-state index in [2.05, 4.69) is 15.8 Å². The van der Waals surface area contributed by atoms with Crippen LogP contribution in [0.1, 0.15) is 43.6 Å². The molecular weight excluding hydrogens is 482 g/mol. The molecule has 0 fully saturated rings. The molecule has 4 rings (SSSR count). The highest BCUT2D eigenvalue weighted by atomic mass is 16.6. The summed E-state index contributed by atoms with van der Waals surface area (Å²) in [6.45, 7) is 2.19. The van der Waals surface area contributed by atoms with Gasteiger partial charge >= 0.3 is 5.97 Å². The molecule has 0 radical (unpaired) electrons. The largest absolute Gasteiger partial charge is 0.490 e. The number of carbonyl (C=O) groups excluding carboxylic acids is 3. The number of benzene rings is 4. The van der Waals surface area contributed by atoms with Crippen molar-refractivity contribution in [3.63, 3.8) is 0 Å². The maximum atomic E-state index is 12.5. The molecule has 0 aromatic heterocycles. The van der Waals surface area contributed by atoms with Crippen LogP contribution in [-0.2, 0) is 0 Å². The number of amides is 2. The molecule has 0 atom stereocenters. The Hall–Kier alpha value is -5.24. The number of nitrogens with zero attached hydrogens (tertiary/aromatic N) is 1. The predicted molar refractivity (Wildman–Crippen MR) is 145 cm³/mol. The second-order valence-electron chi connectivity index (χ2n) is 7.99. The third-order valence-electron chi connectivity index (χ3n) is 5.30. The van der Waals surface area contributed by atoms with Crippen LogP contribution in [0.4, 0.5) is 5.69 Å². The molecule has 0 aliphatic heterocycles. The zero-order chi connectivity index (χ0) is 26.7. The van der Waals surface area contributed by atoms with Crippen LogP contribution in [0.2, 0.25) is 0 Å². The minimum Gasteiger partial charge on any atom is -0.490 e. The van der Waals surface area contributed by atoms with Crippen molar-refractivity contribution in [2.45, 2.75) is 6.92 Å². The molecule has 8 nitrogen and oxygen atoms in total. The Labute approximate surface area is 219 Å². The molecule has 2 N–H and O–H groups in total. The summed E-state index contributed by atoms with van der Waals surface area (Å²) in [6, 6.07) is 28.9. The number of hydrogen-bond acceptors (Lipinski definition) is 6. The van der Waals surface area contributed by atoms with Crippen LogP contribution in [0.3, 0.4) is 0 Å². The molecule has 0 spiro atoms. The minimum absolute atomic E-state index is 0.236. The average Bonchev–Trinajstić information content (AvgIpc) is 2.95. The fourth-order valence-electron chi connectivity index (χ4n) is 3.42. The maximum Gasteiger partial charge on any atom is 0.343 e. The molecule has 2 amide bonds. The van der Waals surface area contributed by atoms with Gasteiger partial charge in [-0.3, -0.25) is 9.59 Å². The van der Waals surface area contributed by atoms with E-state index in [1.807, 2.05) is 19.1 Å². The molecule has 38 heavy (non-hydrogen) atoms. The third-order valence-corrected chi connectivity index (χ3v) is 5.30. The van der Waals surface area contributed by atoms with E-state index in [1.165, 1.54) is 6.21 Å². The van der Waals surface area contributed by atoms with Gasteiger partial charge in [0.15, 0.2) is 11.5 Å². The summed E-state index contributed by atoms with van der Waals surface area (Å²) in [6.07, 6.45) is 1.46. The first kappa shape index (κ1) is 25.8. The van der Waals surface area contributed by atoms with Gasteiger partial charge in [0.2, 0.25) is 0 Å². The fourth-order valence-corrected chi connectivity index (χ4v) is 3.42. The summed E-state index contributed by atoms with van der Waals surface area (Å²) >= 11 is 0. The number of ether oxygens (including phenoxy) is 2. The van der Waals surface area contributed by atoms with Crippen molar-refractivity contribution in [1.82, 2.24) is 5.43 Å². The van der Waals surface area contributed by atoms with Crippen molar-refractivity contribution in [2.24, 2.45) is 5.10 Å². The van der Waals surface area contributed by atoms with E-state index >= 15 is 0 Å². The molecule has 4 aromatic rings. The summed E-state index contributed by atoms with van der Waals surface area (Å²) in [4.78, 5) is 37.1. The lowest BCUT2D eigenvalue weighted by Crippen LogP contribution is -2.18. The monoisotopic (exact) mass is 507 g/mol. The lowest BCUT2D eigenvalue weighted by atomic mass is 10.1. The fraction of sp³-hybridized carbons (Fsp3) is 0.0667. The molecule has 0 saturated carbocycles. The Morgan fingerprint density at radius 3 is 2.03 bits per heavy atom. The average molecular weight is 508 g/mol. The van der Waals surface area contributed by atoms with Gasteiger partial charge in [0.05, 0.1) is 18.4 Å². The van der Waals surface area contributed by atoms with E-state index in [0.717, 1.165) is 0 Å².